The van der Waals surface area contributed by atoms with E-state index in [4.69, 9.17) is 0 Å². The van der Waals surface area contributed by atoms with E-state index in [1.54, 1.807) is 0 Å². The van der Waals surface area contributed by atoms with Gasteiger partial charge in [-0.15, -0.1) is 0 Å². The van der Waals surface area contributed by atoms with E-state index in [-0.39, 0.29) is 6.10 Å². The second-order valence-electron chi connectivity index (χ2n) is 9.92. The third-order valence-electron chi connectivity index (χ3n) is 7.80. The van der Waals surface area contributed by atoms with Gasteiger partial charge in [0.2, 0.25) is 0 Å². The zero-order valence-corrected chi connectivity index (χ0v) is 15.9. The Hall–Kier alpha value is -0.900. The van der Waals surface area contributed by atoms with Gasteiger partial charge >= 0.3 is 0 Å². The lowest BCUT2D eigenvalue weighted by Gasteiger charge is -2.57. The van der Waals surface area contributed by atoms with Crippen molar-refractivity contribution in [1.82, 2.24) is 10.2 Å². The molecule has 0 radical (unpaired) electrons. The van der Waals surface area contributed by atoms with Gasteiger partial charge in [-0.25, -0.2) is 0 Å². The molecule has 5 aliphatic rings. The fraction of sp³-hybridized carbons (Fsp3) is 0.739. The summed E-state index contributed by atoms with van der Waals surface area (Å²) < 4.78 is 0. The first-order valence-electron chi connectivity index (χ1n) is 10.9. The number of rotatable bonds is 5. The molecule has 3 nitrogen and oxygen atoms in total. The van der Waals surface area contributed by atoms with E-state index >= 15 is 0 Å². The fourth-order valence-corrected chi connectivity index (χ4v) is 6.96. The molecule has 1 heterocycles. The molecule has 1 unspecified atom stereocenters. The highest BCUT2D eigenvalue weighted by atomic mass is 16.3. The second-order valence-corrected chi connectivity index (χ2v) is 9.92. The zero-order chi connectivity index (χ0) is 17.6. The molecule has 1 aromatic carbocycles. The van der Waals surface area contributed by atoms with Gasteiger partial charge in [-0.2, -0.15) is 0 Å². The van der Waals surface area contributed by atoms with Crippen LogP contribution in [0.1, 0.15) is 50.5 Å². The van der Waals surface area contributed by atoms with Crippen LogP contribution in [0.15, 0.2) is 30.3 Å². The summed E-state index contributed by atoms with van der Waals surface area (Å²) in [5.41, 5.74) is 1.80. The van der Waals surface area contributed by atoms with Gasteiger partial charge in [-0.3, -0.25) is 4.90 Å². The third kappa shape index (κ3) is 3.46. The summed E-state index contributed by atoms with van der Waals surface area (Å²) in [6, 6.07) is 10.8. The van der Waals surface area contributed by atoms with Crippen LogP contribution in [-0.2, 0) is 6.54 Å². The molecular weight excluding hydrogens is 320 g/mol. The highest BCUT2D eigenvalue weighted by Crippen LogP contribution is 2.55. The van der Waals surface area contributed by atoms with Crippen LogP contribution in [0.5, 0.6) is 0 Å². The van der Waals surface area contributed by atoms with Gasteiger partial charge in [-0.05, 0) is 68.3 Å². The lowest BCUT2D eigenvalue weighted by Crippen LogP contribution is -2.60. The molecule has 1 aromatic rings. The van der Waals surface area contributed by atoms with Crippen LogP contribution in [0, 0.1) is 23.7 Å². The van der Waals surface area contributed by atoms with Crippen molar-refractivity contribution in [2.75, 3.05) is 19.6 Å². The predicted molar refractivity (Wildman–Crippen MR) is 105 cm³/mol. The maximum atomic E-state index is 10.6. The Morgan fingerprint density at radius 3 is 2.31 bits per heavy atom. The maximum absolute atomic E-state index is 10.6. The van der Waals surface area contributed by atoms with Crippen molar-refractivity contribution >= 4 is 0 Å². The summed E-state index contributed by atoms with van der Waals surface area (Å²) >= 11 is 0. The Morgan fingerprint density at radius 2 is 1.65 bits per heavy atom. The van der Waals surface area contributed by atoms with Crippen LogP contribution < -0.4 is 5.32 Å². The van der Waals surface area contributed by atoms with Gasteiger partial charge in [0.25, 0.3) is 0 Å². The van der Waals surface area contributed by atoms with Crippen molar-refractivity contribution in [1.29, 1.82) is 0 Å². The van der Waals surface area contributed by atoms with Crippen molar-refractivity contribution in [3.63, 3.8) is 0 Å². The first kappa shape index (κ1) is 17.2. The largest absolute Gasteiger partial charge is 0.393 e. The molecule has 1 saturated heterocycles. The van der Waals surface area contributed by atoms with Crippen LogP contribution in [-0.4, -0.2) is 41.3 Å². The lowest BCUT2D eigenvalue weighted by molar-refractivity contribution is -0.0315. The molecule has 0 aromatic heterocycles. The van der Waals surface area contributed by atoms with Crippen LogP contribution in [0.3, 0.4) is 0 Å². The van der Waals surface area contributed by atoms with E-state index in [1.165, 1.54) is 44.1 Å². The second kappa shape index (κ2) is 6.92. The fourth-order valence-electron chi connectivity index (χ4n) is 6.96. The molecule has 3 heteroatoms. The van der Waals surface area contributed by atoms with Crippen molar-refractivity contribution in [2.24, 2.45) is 23.7 Å². The van der Waals surface area contributed by atoms with Gasteiger partial charge in [0, 0.05) is 37.6 Å². The normalized spacial score (nSPS) is 42.3. The minimum absolute atomic E-state index is 0.136. The van der Waals surface area contributed by atoms with Crippen molar-refractivity contribution in [2.45, 2.75) is 63.1 Å². The van der Waals surface area contributed by atoms with E-state index < -0.39 is 0 Å². The first-order chi connectivity index (χ1) is 12.7. The summed E-state index contributed by atoms with van der Waals surface area (Å²) in [6.07, 6.45) is 9.47. The number of likely N-dealkylation sites (tertiary alicyclic amines) is 1. The molecule has 0 spiro atoms. The number of aliphatic hydroxyl groups is 1. The number of hydrogen-bond donors (Lipinski definition) is 2. The van der Waals surface area contributed by atoms with Crippen molar-refractivity contribution < 1.29 is 5.11 Å². The maximum Gasteiger partial charge on any atom is 0.0605 e. The van der Waals surface area contributed by atoms with Gasteiger partial charge in [-0.1, -0.05) is 30.3 Å². The van der Waals surface area contributed by atoms with Gasteiger partial charge in [0.05, 0.1) is 6.10 Å². The Balaban J connectivity index is 1.19. The van der Waals surface area contributed by atoms with E-state index in [0.717, 1.165) is 50.4 Å². The minimum atomic E-state index is -0.136. The zero-order valence-electron chi connectivity index (χ0n) is 15.9. The van der Waals surface area contributed by atoms with Crippen LogP contribution >= 0.6 is 0 Å². The Labute approximate surface area is 158 Å². The molecule has 2 N–H and O–H groups in total. The number of aliphatic hydroxyl groups excluding tert-OH is 1. The predicted octanol–water partition coefficient (Wildman–Crippen LogP) is 3.43. The number of piperidine rings is 1. The molecule has 2 atom stereocenters. The highest BCUT2D eigenvalue weighted by Gasteiger charge is 2.50. The SMILES string of the molecule is OC1CCN(Cc2ccccc2)C[C@@H]1CNC12CC3CC(CC(C3)C1)C2. The average Bonchev–Trinajstić information content (AvgIpc) is 2.62. The van der Waals surface area contributed by atoms with Gasteiger partial charge in [0.15, 0.2) is 0 Å². The summed E-state index contributed by atoms with van der Waals surface area (Å²) in [6.45, 7) is 4.05. The monoisotopic (exact) mass is 354 g/mol. The smallest absolute Gasteiger partial charge is 0.0605 e. The van der Waals surface area contributed by atoms with Crippen molar-refractivity contribution in [3.8, 4) is 0 Å². The minimum Gasteiger partial charge on any atom is -0.393 e. The molecule has 4 aliphatic carbocycles. The molecule has 0 amide bonds. The summed E-state index contributed by atoms with van der Waals surface area (Å²) in [7, 11) is 0. The van der Waals surface area contributed by atoms with Crippen LogP contribution in [0.4, 0.5) is 0 Å². The highest BCUT2D eigenvalue weighted by molar-refractivity contribution is 5.14. The number of benzene rings is 1. The number of nitrogens with one attached hydrogen (secondary N) is 1. The summed E-state index contributed by atoms with van der Waals surface area (Å²) in [5, 5.41) is 14.6. The third-order valence-corrected chi connectivity index (χ3v) is 7.80. The topological polar surface area (TPSA) is 35.5 Å². The number of nitrogens with zero attached hydrogens (tertiary/aromatic N) is 1. The summed E-state index contributed by atoms with van der Waals surface area (Å²) in [5.74, 6) is 3.33. The van der Waals surface area contributed by atoms with Crippen LogP contribution in [0.2, 0.25) is 0 Å². The Bertz CT molecular complexity index is 581. The average molecular weight is 355 g/mol. The molecular formula is C23H34N2O. The molecule has 4 bridgehead atoms. The first-order valence-corrected chi connectivity index (χ1v) is 10.9. The molecule has 6 rings (SSSR count). The van der Waals surface area contributed by atoms with E-state index in [0.29, 0.717) is 11.5 Å². The van der Waals surface area contributed by atoms with E-state index in [1.807, 2.05) is 0 Å². The van der Waals surface area contributed by atoms with Gasteiger partial charge < -0.3 is 10.4 Å². The van der Waals surface area contributed by atoms with E-state index in [2.05, 4.69) is 40.5 Å². The van der Waals surface area contributed by atoms with Crippen LogP contribution in [0.25, 0.3) is 0 Å². The van der Waals surface area contributed by atoms with E-state index in [9.17, 15) is 5.11 Å². The summed E-state index contributed by atoms with van der Waals surface area (Å²) in [4.78, 5) is 2.54. The molecule has 26 heavy (non-hydrogen) atoms. The van der Waals surface area contributed by atoms with Gasteiger partial charge in [0.1, 0.15) is 0 Å². The quantitative estimate of drug-likeness (QED) is 0.850. The molecule has 4 saturated carbocycles. The Kier molecular flexibility index (Phi) is 4.58. The molecule has 5 fully saturated rings. The Morgan fingerprint density at radius 1 is 1.00 bits per heavy atom. The number of hydrogen-bond acceptors (Lipinski definition) is 3. The standard InChI is InChI=1S/C23H34N2O/c26-22-6-7-25(15-17-4-2-1-3-5-17)16-21(22)14-24-23-11-18-8-19(12-23)10-20(9-18)13-23/h1-5,18-22,24,26H,6-16H2/t18?,19?,20?,21-,22?,23?/m0/s1. The molecule has 142 valence electrons. The molecule has 1 aliphatic heterocycles. The van der Waals surface area contributed by atoms with Crippen molar-refractivity contribution in [3.05, 3.63) is 35.9 Å². The lowest BCUT2D eigenvalue weighted by atomic mass is 9.53.